The molecule has 0 atom stereocenters. The van der Waals surface area contributed by atoms with E-state index in [1.807, 2.05) is 0 Å². The molecule has 29 heavy (non-hydrogen) atoms. The lowest BCUT2D eigenvalue weighted by molar-refractivity contribution is -0.121. The summed E-state index contributed by atoms with van der Waals surface area (Å²) in [6.07, 6.45) is 3.29. The first kappa shape index (κ1) is 19.6. The van der Waals surface area contributed by atoms with Gasteiger partial charge in [-0.3, -0.25) is 9.59 Å². The number of Topliss-reactive ketones (excluding diaryl/α,β-unsaturated/α-hetero) is 1. The number of hydrogen-bond donors (Lipinski definition) is 0. The summed E-state index contributed by atoms with van der Waals surface area (Å²) < 4.78 is 24.3. The fourth-order valence-corrected chi connectivity index (χ4v) is 3.74. The number of amides is 1. The molecule has 0 aliphatic carbocycles. The topological polar surface area (TPSA) is 68.7 Å². The molecular formula is C21H20ClFN2O4. The number of carbonyl (C=O) groups is 2. The number of carbonyl (C=O) groups excluding carboxylic acids is 2. The number of fused-ring (bicyclic) bond motifs is 1. The Balaban J connectivity index is 1.32. The van der Waals surface area contributed by atoms with E-state index in [1.54, 1.807) is 11.0 Å². The number of rotatable bonds is 4. The summed E-state index contributed by atoms with van der Waals surface area (Å²) in [5.74, 6) is 0.491. The number of ether oxygens (including phenoxy) is 2. The van der Waals surface area contributed by atoms with Crippen molar-refractivity contribution in [1.29, 1.82) is 0 Å². The summed E-state index contributed by atoms with van der Waals surface area (Å²) in [7, 11) is 0. The second-order valence-electron chi connectivity index (χ2n) is 7.31. The lowest BCUT2D eigenvalue weighted by atomic mass is 9.97. The van der Waals surface area contributed by atoms with Crippen LogP contribution >= 0.6 is 11.6 Å². The lowest BCUT2D eigenvalue weighted by Gasteiger charge is -2.32. The van der Waals surface area contributed by atoms with E-state index in [1.165, 1.54) is 24.4 Å². The van der Waals surface area contributed by atoms with Crippen LogP contribution in [0.5, 0.6) is 11.6 Å². The Labute approximate surface area is 172 Å². The summed E-state index contributed by atoms with van der Waals surface area (Å²) in [4.78, 5) is 30.3. The van der Waals surface area contributed by atoms with Gasteiger partial charge in [0.15, 0.2) is 5.78 Å². The summed E-state index contributed by atoms with van der Waals surface area (Å²) >= 11 is 6.03. The van der Waals surface area contributed by atoms with Gasteiger partial charge in [0.1, 0.15) is 18.2 Å². The van der Waals surface area contributed by atoms with Crippen LogP contribution in [-0.2, 0) is 11.2 Å². The minimum absolute atomic E-state index is 0.0249. The molecule has 0 saturated carbocycles. The second-order valence-corrected chi connectivity index (χ2v) is 7.72. The normalized spacial score (nSPS) is 16.9. The lowest BCUT2D eigenvalue weighted by Crippen LogP contribution is -2.39. The summed E-state index contributed by atoms with van der Waals surface area (Å²) in [5.41, 5.74) is 1.12. The number of ketones is 1. The van der Waals surface area contributed by atoms with Crippen molar-refractivity contribution >= 4 is 23.3 Å². The van der Waals surface area contributed by atoms with Crippen molar-refractivity contribution in [2.24, 2.45) is 5.92 Å². The number of likely N-dealkylation sites (tertiary alicyclic amines) is 1. The van der Waals surface area contributed by atoms with Crippen molar-refractivity contribution in [3.05, 3.63) is 52.4 Å². The number of halogens is 2. The quantitative estimate of drug-likeness (QED) is 0.762. The van der Waals surface area contributed by atoms with Crippen molar-refractivity contribution in [3.63, 3.8) is 0 Å². The minimum atomic E-state index is -0.393. The number of benzene rings is 1. The number of hydrogen-bond acceptors (Lipinski definition) is 5. The molecule has 2 aliphatic heterocycles. The van der Waals surface area contributed by atoms with Gasteiger partial charge in [0, 0.05) is 37.3 Å². The fourth-order valence-electron chi connectivity index (χ4n) is 3.56. The van der Waals surface area contributed by atoms with Crippen LogP contribution in [0.25, 0.3) is 0 Å². The van der Waals surface area contributed by atoms with Crippen LogP contribution in [0, 0.1) is 11.7 Å². The first-order chi connectivity index (χ1) is 14.0. The number of pyridine rings is 1. The van der Waals surface area contributed by atoms with E-state index in [0.29, 0.717) is 47.5 Å². The zero-order valence-electron chi connectivity index (χ0n) is 15.7. The van der Waals surface area contributed by atoms with Gasteiger partial charge in [0.05, 0.1) is 17.2 Å². The molecule has 0 radical (unpaired) electrons. The van der Waals surface area contributed by atoms with Gasteiger partial charge < -0.3 is 14.4 Å². The Hall–Kier alpha value is -2.67. The van der Waals surface area contributed by atoms with E-state index < -0.39 is 5.82 Å². The van der Waals surface area contributed by atoms with E-state index >= 15 is 0 Å². The Kier molecular flexibility index (Phi) is 5.67. The minimum Gasteiger partial charge on any atom is -0.492 e. The number of aromatic nitrogens is 1. The summed E-state index contributed by atoms with van der Waals surface area (Å²) in [6.45, 7) is 1.64. The second kappa shape index (κ2) is 8.37. The predicted octanol–water partition coefficient (Wildman–Crippen LogP) is 3.31. The first-order valence-corrected chi connectivity index (χ1v) is 9.88. The van der Waals surface area contributed by atoms with E-state index in [0.717, 1.165) is 12.8 Å². The van der Waals surface area contributed by atoms with Crippen LogP contribution in [0.2, 0.25) is 5.02 Å². The molecule has 1 aromatic heterocycles. The third kappa shape index (κ3) is 4.50. The summed E-state index contributed by atoms with van der Waals surface area (Å²) in [5, 5.41) is 0.376. The average molecular weight is 419 g/mol. The van der Waals surface area contributed by atoms with Gasteiger partial charge in [-0.2, -0.15) is 0 Å². The van der Waals surface area contributed by atoms with Gasteiger partial charge in [-0.05, 0) is 37.0 Å². The maximum Gasteiger partial charge on any atom is 0.255 e. The van der Waals surface area contributed by atoms with Crippen molar-refractivity contribution in [1.82, 2.24) is 9.88 Å². The van der Waals surface area contributed by atoms with Gasteiger partial charge in [-0.1, -0.05) is 11.6 Å². The molecule has 3 heterocycles. The van der Waals surface area contributed by atoms with Gasteiger partial charge >= 0.3 is 0 Å². The molecule has 4 rings (SSSR count). The highest BCUT2D eigenvalue weighted by molar-refractivity contribution is 6.32. The highest BCUT2D eigenvalue weighted by Crippen LogP contribution is 2.28. The third-order valence-electron chi connectivity index (χ3n) is 5.20. The zero-order chi connectivity index (χ0) is 20.4. The van der Waals surface area contributed by atoms with Crippen molar-refractivity contribution < 1.29 is 23.5 Å². The third-order valence-corrected chi connectivity index (χ3v) is 5.51. The number of nitrogens with zero attached hydrogens (tertiary/aromatic N) is 2. The molecule has 0 N–H and O–H groups in total. The maximum atomic E-state index is 13.3. The molecule has 2 aliphatic rings. The molecule has 0 spiro atoms. The van der Waals surface area contributed by atoms with Crippen LogP contribution in [0.15, 0.2) is 30.5 Å². The molecule has 1 fully saturated rings. The molecule has 152 valence electrons. The highest BCUT2D eigenvalue weighted by atomic mass is 35.5. The van der Waals surface area contributed by atoms with Crippen LogP contribution in [0.3, 0.4) is 0 Å². The molecule has 2 aromatic rings. The number of piperidine rings is 1. The van der Waals surface area contributed by atoms with Gasteiger partial charge in [0.25, 0.3) is 5.91 Å². The van der Waals surface area contributed by atoms with E-state index in [4.69, 9.17) is 21.1 Å². The van der Waals surface area contributed by atoms with E-state index in [9.17, 15) is 14.0 Å². The Morgan fingerprint density at radius 2 is 2.10 bits per heavy atom. The highest BCUT2D eigenvalue weighted by Gasteiger charge is 2.26. The molecule has 1 aromatic carbocycles. The molecule has 0 unspecified atom stereocenters. The average Bonchev–Trinajstić information content (AvgIpc) is 2.73. The fraction of sp³-hybridized carbons (Fsp3) is 0.381. The Morgan fingerprint density at radius 3 is 2.90 bits per heavy atom. The molecule has 0 bridgehead atoms. The molecular weight excluding hydrogens is 399 g/mol. The van der Waals surface area contributed by atoms with Crippen LogP contribution in [0.1, 0.15) is 28.8 Å². The van der Waals surface area contributed by atoms with Crippen molar-refractivity contribution in [2.75, 3.05) is 26.3 Å². The molecule has 8 heteroatoms. The van der Waals surface area contributed by atoms with Crippen LogP contribution < -0.4 is 9.47 Å². The van der Waals surface area contributed by atoms with Crippen LogP contribution in [-0.4, -0.2) is 47.9 Å². The molecule has 1 saturated heterocycles. The van der Waals surface area contributed by atoms with Gasteiger partial charge in [0.2, 0.25) is 5.88 Å². The monoisotopic (exact) mass is 418 g/mol. The van der Waals surface area contributed by atoms with E-state index in [2.05, 4.69) is 4.98 Å². The first-order valence-electron chi connectivity index (χ1n) is 9.50. The van der Waals surface area contributed by atoms with Crippen LogP contribution in [0.4, 0.5) is 4.39 Å². The maximum absolute atomic E-state index is 13.3. The van der Waals surface area contributed by atoms with E-state index in [-0.39, 0.29) is 30.6 Å². The Morgan fingerprint density at radius 1 is 1.31 bits per heavy atom. The summed E-state index contributed by atoms with van der Waals surface area (Å²) in [6, 6.07) is 5.73. The van der Waals surface area contributed by atoms with Crippen molar-refractivity contribution in [2.45, 2.75) is 19.3 Å². The SMILES string of the molecule is O=C1COc2ncc(C(=O)N3CCC(COc4cc(F)ccc4Cl)CC3)cc2C1. The Bertz CT molecular complexity index is 944. The van der Waals surface area contributed by atoms with Gasteiger partial charge in [-0.15, -0.1) is 0 Å². The molecule has 6 nitrogen and oxygen atoms in total. The smallest absolute Gasteiger partial charge is 0.255 e. The zero-order valence-corrected chi connectivity index (χ0v) is 16.5. The molecule has 1 amide bonds. The predicted molar refractivity (Wildman–Crippen MR) is 104 cm³/mol. The largest absolute Gasteiger partial charge is 0.492 e. The van der Waals surface area contributed by atoms with Gasteiger partial charge in [-0.25, -0.2) is 9.37 Å². The van der Waals surface area contributed by atoms with Crippen molar-refractivity contribution in [3.8, 4) is 11.6 Å². The standard InChI is InChI=1S/C21H20ClFN2O4/c22-18-2-1-16(23)9-19(18)28-11-13-3-5-25(6-4-13)21(27)15-7-14-8-17(26)12-29-20(14)24-10-15/h1-2,7,9-10,13H,3-6,8,11-12H2.